The lowest BCUT2D eigenvalue weighted by Crippen LogP contribution is -2.47. The zero-order valence-electron chi connectivity index (χ0n) is 13.1. The first-order valence-corrected chi connectivity index (χ1v) is 7.36. The molecule has 0 saturated heterocycles. The van der Waals surface area contributed by atoms with E-state index in [9.17, 15) is 0 Å². The van der Waals surface area contributed by atoms with Gasteiger partial charge in [-0.3, -0.25) is 9.98 Å². The minimum Gasteiger partial charge on any atom is -0.486 e. The number of benzene rings is 1. The molecule has 0 bridgehead atoms. The van der Waals surface area contributed by atoms with Crippen LogP contribution in [0.4, 0.5) is 0 Å². The number of ether oxygens (including phenoxy) is 2. The van der Waals surface area contributed by atoms with Gasteiger partial charge in [-0.2, -0.15) is 0 Å². The summed E-state index contributed by atoms with van der Waals surface area (Å²) in [5.74, 6) is 1.42. The second-order valence-electron chi connectivity index (χ2n) is 6.95. The smallest absolute Gasteiger partial charge is 0.379 e. The van der Waals surface area contributed by atoms with Gasteiger partial charge in [-0.1, -0.05) is 35.8 Å². The standard InChI is InChI=1S/C16H21BN2O2/c1-15(2)10-20-13(18-15)17(12-8-6-5-7-9-12)14-19-16(3,4)11-21-14/h5-9H,10-11H2,1-4H3. The van der Waals surface area contributed by atoms with Crippen LogP contribution in [0.3, 0.4) is 0 Å². The van der Waals surface area contributed by atoms with Crippen LogP contribution in [0.15, 0.2) is 40.3 Å². The minimum atomic E-state index is -0.183. The van der Waals surface area contributed by atoms with Crippen molar-refractivity contribution in [2.75, 3.05) is 13.2 Å². The van der Waals surface area contributed by atoms with Crippen LogP contribution in [-0.2, 0) is 9.47 Å². The molecule has 2 heterocycles. The van der Waals surface area contributed by atoms with E-state index >= 15 is 0 Å². The number of hydrogen-bond acceptors (Lipinski definition) is 4. The van der Waals surface area contributed by atoms with Crippen molar-refractivity contribution in [1.29, 1.82) is 0 Å². The lowest BCUT2D eigenvalue weighted by Gasteiger charge is -2.13. The molecule has 4 nitrogen and oxygen atoms in total. The van der Waals surface area contributed by atoms with Gasteiger partial charge in [-0.25, -0.2) is 0 Å². The first-order chi connectivity index (χ1) is 9.86. The fourth-order valence-corrected chi connectivity index (χ4v) is 2.56. The zero-order valence-corrected chi connectivity index (χ0v) is 13.1. The highest BCUT2D eigenvalue weighted by Gasteiger charge is 2.42. The Kier molecular flexibility index (Phi) is 3.31. The van der Waals surface area contributed by atoms with Gasteiger partial charge in [0, 0.05) is 0 Å². The average molecular weight is 284 g/mol. The van der Waals surface area contributed by atoms with Crippen molar-refractivity contribution in [3.05, 3.63) is 30.3 Å². The summed E-state index contributed by atoms with van der Waals surface area (Å²) >= 11 is 0. The van der Waals surface area contributed by atoms with Crippen molar-refractivity contribution in [3.8, 4) is 0 Å². The van der Waals surface area contributed by atoms with Crippen molar-refractivity contribution in [2.24, 2.45) is 9.98 Å². The van der Waals surface area contributed by atoms with Crippen molar-refractivity contribution in [2.45, 2.75) is 38.8 Å². The van der Waals surface area contributed by atoms with Gasteiger partial charge in [0.2, 0.25) is 0 Å². The molecule has 0 fully saturated rings. The molecule has 2 aliphatic rings. The molecular weight excluding hydrogens is 263 g/mol. The Hall–Kier alpha value is -1.78. The number of rotatable bonds is 3. The SMILES string of the molecule is CC1(C)COC(B(C2=NC(C)(C)CO2)c2ccccc2)=N1. The molecule has 0 spiro atoms. The quantitative estimate of drug-likeness (QED) is 0.795. The fourth-order valence-electron chi connectivity index (χ4n) is 2.56. The maximum absolute atomic E-state index is 5.85. The van der Waals surface area contributed by atoms with Crippen molar-refractivity contribution < 1.29 is 9.47 Å². The van der Waals surface area contributed by atoms with Gasteiger partial charge < -0.3 is 9.47 Å². The predicted molar refractivity (Wildman–Crippen MR) is 86.8 cm³/mol. The Morgan fingerprint density at radius 3 is 1.71 bits per heavy atom. The Morgan fingerprint density at radius 2 is 1.33 bits per heavy atom. The third-order valence-electron chi connectivity index (χ3n) is 3.60. The van der Waals surface area contributed by atoms with E-state index in [1.54, 1.807) is 0 Å². The summed E-state index contributed by atoms with van der Waals surface area (Å²) in [4.78, 5) is 9.45. The van der Waals surface area contributed by atoms with Gasteiger partial charge in [0.1, 0.15) is 13.2 Å². The molecule has 110 valence electrons. The summed E-state index contributed by atoms with van der Waals surface area (Å²) < 4.78 is 11.7. The Bertz CT molecular complexity index is 560. The van der Waals surface area contributed by atoms with Crippen LogP contribution in [0.25, 0.3) is 0 Å². The van der Waals surface area contributed by atoms with Gasteiger partial charge >= 0.3 is 6.71 Å². The molecular formula is C16H21BN2O2. The third-order valence-corrected chi connectivity index (χ3v) is 3.60. The Balaban J connectivity index is 2.01. The second kappa shape index (κ2) is 4.90. The van der Waals surface area contributed by atoms with Gasteiger partial charge in [0.05, 0.1) is 11.1 Å². The first kappa shape index (κ1) is 14.2. The highest BCUT2D eigenvalue weighted by molar-refractivity contribution is 7.18. The van der Waals surface area contributed by atoms with E-state index in [1.807, 2.05) is 18.2 Å². The molecule has 0 N–H and O–H groups in total. The summed E-state index contributed by atoms with van der Waals surface area (Å²) in [6, 6.07) is 10.2. The van der Waals surface area contributed by atoms with Gasteiger partial charge in [0.15, 0.2) is 11.6 Å². The van der Waals surface area contributed by atoms with E-state index in [0.29, 0.717) is 24.8 Å². The summed E-state index contributed by atoms with van der Waals surface area (Å²) in [5.41, 5.74) is 0.735. The van der Waals surface area contributed by atoms with Crippen LogP contribution in [0, 0.1) is 0 Å². The van der Waals surface area contributed by atoms with Crippen LogP contribution in [0.2, 0.25) is 0 Å². The van der Waals surface area contributed by atoms with Crippen LogP contribution in [0.5, 0.6) is 0 Å². The topological polar surface area (TPSA) is 43.2 Å². The molecule has 21 heavy (non-hydrogen) atoms. The van der Waals surface area contributed by atoms with Crippen LogP contribution < -0.4 is 5.46 Å². The molecule has 0 aliphatic carbocycles. The maximum Gasteiger partial charge on any atom is 0.379 e. The van der Waals surface area contributed by atoms with Crippen molar-refractivity contribution in [1.82, 2.24) is 0 Å². The highest BCUT2D eigenvalue weighted by Crippen LogP contribution is 2.22. The van der Waals surface area contributed by atoms with Crippen LogP contribution in [-0.4, -0.2) is 42.6 Å². The van der Waals surface area contributed by atoms with Crippen LogP contribution in [0.1, 0.15) is 27.7 Å². The summed E-state index contributed by atoms with van der Waals surface area (Å²) in [6.07, 6.45) is 0. The van der Waals surface area contributed by atoms with Gasteiger partial charge in [0.25, 0.3) is 0 Å². The fraction of sp³-hybridized carbons (Fsp3) is 0.500. The molecule has 0 saturated carbocycles. The summed E-state index contributed by atoms with van der Waals surface area (Å²) in [6.45, 7) is 9.35. The van der Waals surface area contributed by atoms with E-state index in [0.717, 1.165) is 5.46 Å². The molecule has 0 aromatic heterocycles. The Morgan fingerprint density at radius 1 is 0.857 bits per heavy atom. The Labute approximate surface area is 126 Å². The van der Waals surface area contributed by atoms with Crippen LogP contribution >= 0.6 is 0 Å². The number of nitrogens with zero attached hydrogens (tertiary/aromatic N) is 2. The molecule has 2 aliphatic heterocycles. The normalized spacial score (nSPS) is 22.1. The molecule has 0 atom stereocenters. The monoisotopic (exact) mass is 284 g/mol. The molecule has 0 amide bonds. The molecule has 1 aromatic carbocycles. The average Bonchev–Trinajstić information content (AvgIpc) is 2.94. The highest BCUT2D eigenvalue weighted by atomic mass is 16.5. The zero-order chi connectivity index (χ0) is 15.1. The minimum absolute atomic E-state index is 0.144. The molecule has 0 radical (unpaired) electrons. The molecule has 0 unspecified atom stereocenters. The van der Waals surface area contributed by atoms with E-state index in [-0.39, 0.29) is 17.8 Å². The predicted octanol–water partition coefficient (Wildman–Crippen LogP) is 1.88. The van der Waals surface area contributed by atoms with E-state index in [2.05, 4.69) is 39.8 Å². The second-order valence-corrected chi connectivity index (χ2v) is 6.95. The number of hydrogen-bond donors (Lipinski definition) is 0. The maximum atomic E-state index is 5.85. The molecule has 3 rings (SSSR count). The lowest BCUT2D eigenvalue weighted by molar-refractivity contribution is 0.279. The van der Waals surface area contributed by atoms with E-state index < -0.39 is 0 Å². The first-order valence-electron chi connectivity index (χ1n) is 7.36. The van der Waals surface area contributed by atoms with Crippen molar-refractivity contribution in [3.63, 3.8) is 0 Å². The third kappa shape index (κ3) is 2.97. The lowest BCUT2D eigenvalue weighted by atomic mass is 9.44. The van der Waals surface area contributed by atoms with Gasteiger partial charge in [-0.05, 0) is 27.7 Å². The summed E-state index contributed by atoms with van der Waals surface area (Å²) in [5, 5.41) is 0. The van der Waals surface area contributed by atoms with E-state index in [4.69, 9.17) is 19.5 Å². The summed E-state index contributed by atoms with van der Waals surface area (Å²) in [7, 11) is 0. The molecule has 1 aromatic rings. The van der Waals surface area contributed by atoms with E-state index in [1.165, 1.54) is 0 Å². The number of aliphatic imine (C=N–C) groups is 2. The molecule has 5 heteroatoms. The largest absolute Gasteiger partial charge is 0.486 e. The van der Waals surface area contributed by atoms with Gasteiger partial charge in [-0.15, -0.1) is 0 Å². The van der Waals surface area contributed by atoms with Crippen molar-refractivity contribution >= 4 is 23.8 Å².